The molecule has 0 spiro atoms. The summed E-state index contributed by atoms with van der Waals surface area (Å²) in [7, 11) is 0. The van der Waals surface area contributed by atoms with Gasteiger partial charge in [0.05, 0.1) is 22.5 Å². The third kappa shape index (κ3) is 2.69. The summed E-state index contributed by atoms with van der Waals surface area (Å²) in [6, 6.07) is 4.68. The predicted molar refractivity (Wildman–Crippen MR) is 89.6 cm³/mol. The molecule has 1 aliphatic heterocycles. The Labute approximate surface area is 143 Å². The number of carbonyl (C=O) groups excluding carboxylic acids is 2. The van der Waals surface area contributed by atoms with E-state index in [4.69, 9.17) is 0 Å². The molecule has 2 aromatic rings. The second kappa shape index (κ2) is 6.46. The number of amides is 2. The van der Waals surface area contributed by atoms with Gasteiger partial charge in [-0.3, -0.25) is 14.5 Å². The maximum atomic E-state index is 12.8. The lowest BCUT2D eigenvalue weighted by Gasteiger charge is -2.23. The molecule has 0 aliphatic carbocycles. The molecule has 0 saturated heterocycles. The van der Waals surface area contributed by atoms with Gasteiger partial charge < -0.3 is 4.52 Å². The van der Waals surface area contributed by atoms with Crippen LogP contribution in [0.5, 0.6) is 0 Å². The minimum absolute atomic E-state index is 0.0335. The zero-order valence-corrected chi connectivity index (χ0v) is 14.2. The molecule has 25 heavy (non-hydrogen) atoms. The molecule has 1 N–H and O–H groups in total. The molecule has 0 saturated carbocycles. The average molecular weight is 342 g/mol. The van der Waals surface area contributed by atoms with E-state index in [1.54, 1.807) is 25.1 Å². The number of carbonyl (C=O) groups is 2. The summed E-state index contributed by atoms with van der Waals surface area (Å²) in [6.07, 6.45) is 1.37. The van der Waals surface area contributed by atoms with Crippen molar-refractivity contribution in [3.8, 4) is 0 Å². The van der Waals surface area contributed by atoms with Crippen molar-refractivity contribution in [2.45, 2.75) is 39.7 Å². The molecule has 8 heteroatoms. The topological polar surface area (TPSA) is 108 Å². The zero-order chi connectivity index (χ0) is 18.1. The number of nitrogens with zero attached hydrogens (tertiary/aromatic N) is 3. The van der Waals surface area contributed by atoms with Crippen LogP contribution in [-0.2, 0) is 0 Å². The highest BCUT2D eigenvalue weighted by atomic mass is 16.5. The second-order valence-corrected chi connectivity index (χ2v) is 5.82. The largest absolute Gasteiger partial charge is 0.384 e. The van der Waals surface area contributed by atoms with Crippen LogP contribution in [0.2, 0.25) is 0 Å². The van der Waals surface area contributed by atoms with E-state index >= 15 is 0 Å². The Morgan fingerprint density at radius 3 is 2.44 bits per heavy atom. The highest BCUT2D eigenvalue weighted by Crippen LogP contribution is 2.34. The summed E-state index contributed by atoms with van der Waals surface area (Å²) in [5.74, 6) is -0.691. The molecule has 0 fully saturated rings. The van der Waals surface area contributed by atoms with E-state index in [9.17, 15) is 14.4 Å². The molecule has 1 aromatic carbocycles. The maximum Gasteiger partial charge on any atom is 0.384 e. The minimum Gasteiger partial charge on any atom is -0.336 e. The number of benzene rings is 1. The monoisotopic (exact) mass is 342 g/mol. The van der Waals surface area contributed by atoms with E-state index in [-0.39, 0.29) is 34.8 Å². The van der Waals surface area contributed by atoms with Crippen molar-refractivity contribution in [3.63, 3.8) is 0 Å². The molecule has 8 nitrogen and oxygen atoms in total. The third-order valence-corrected chi connectivity index (χ3v) is 4.34. The molecule has 3 rings (SSSR count). The van der Waals surface area contributed by atoms with Crippen molar-refractivity contribution in [1.29, 1.82) is 0 Å². The van der Waals surface area contributed by atoms with Gasteiger partial charge in [0.2, 0.25) is 0 Å². The highest BCUT2D eigenvalue weighted by molar-refractivity contribution is 6.23. The Morgan fingerprint density at radius 2 is 1.84 bits per heavy atom. The SMILES string of the molecule is CCC(CC)N1C(=O)c2cccc(N=Nc3c(C)[nH]oc3=O)c2C1=O. The van der Waals surface area contributed by atoms with Crippen LogP contribution in [0.15, 0.2) is 37.7 Å². The fraction of sp³-hybridized carbons (Fsp3) is 0.353. The van der Waals surface area contributed by atoms with Gasteiger partial charge in [-0.25, -0.2) is 9.95 Å². The number of H-pyrrole nitrogens is 1. The predicted octanol–water partition coefficient (Wildman–Crippen LogP) is 3.48. The van der Waals surface area contributed by atoms with Crippen molar-refractivity contribution in [2.24, 2.45) is 10.2 Å². The summed E-state index contributed by atoms with van der Waals surface area (Å²) < 4.78 is 4.63. The lowest BCUT2D eigenvalue weighted by molar-refractivity contribution is 0.0576. The number of aromatic amines is 1. The van der Waals surface area contributed by atoms with Crippen LogP contribution in [-0.4, -0.2) is 27.9 Å². The van der Waals surface area contributed by atoms with Crippen molar-refractivity contribution in [1.82, 2.24) is 10.1 Å². The number of rotatable bonds is 5. The van der Waals surface area contributed by atoms with Crippen molar-refractivity contribution < 1.29 is 14.1 Å². The molecule has 2 heterocycles. The van der Waals surface area contributed by atoms with Crippen LogP contribution in [0.4, 0.5) is 11.4 Å². The number of hydrogen-bond donors (Lipinski definition) is 1. The lowest BCUT2D eigenvalue weighted by atomic mass is 10.1. The number of aryl methyl sites for hydroxylation is 1. The standard InChI is InChI=1S/C17H18N4O4/c1-4-10(5-2)21-15(22)11-7-6-8-12(13(11)16(21)23)18-19-14-9(3)20-25-17(14)24/h6-8,10,20H,4-5H2,1-3H3. The zero-order valence-electron chi connectivity index (χ0n) is 14.2. The first-order chi connectivity index (χ1) is 12.0. The van der Waals surface area contributed by atoms with Gasteiger partial charge in [0, 0.05) is 6.04 Å². The van der Waals surface area contributed by atoms with Gasteiger partial charge >= 0.3 is 5.63 Å². The van der Waals surface area contributed by atoms with Gasteiger partial charge in [0.25, 0.3) is 11.8 Å². The van der Waals surface area contributed by atoms with E-state index in [1.807, 2.05) is 13.8 Å². The first-order valence-electron chi connectivity index (χ1n) is 8.10. The highest BCUT2D eigenvalue weighted by Gasteiger charge is 2.40. The van der Waals surface area contributed by atoms with Gasteiger partial charge in [-0.2, -0.15) is 0 Å². The lowest BCUT2D eigenvalue weighted by Crippen LogP contribution is -2.39. The molecule has 130 valence electrons. The molecular formula is C17H18N4O4. The number of azo groups is 1. The van der Waals surface area contributed by atoms with Crippen LogP contribution in [0, 0.1) is 6.92 Å². The summed E-state index contributed by atoms with van der Waals surface area (Å²) in [6.45, 7) is 5.50. The van der Waals surface area contributed by atoms with E-state index in [0.717, 1.165) is 0 Å². The van der Waals surface area contributed by atoms with Gasteiger partial charge in [0.1, 0.15) is 0 Å². The first-order valence-corrected chi connectivity index (χ1v) is 8.10. The Kier molecular flexibility index (Phi) is 4.35. The number of imide groups is 1. The number of aromatic nitrogens is 1. The molecule has 2 amide bonds. The summed E-state index contributed by atoms with van der Waals surface area (Å²) in [4.78, 5) is 38.3. The molecule has 0 unspecified atom stereocenters. The van der Waals surface area contributed by atoms with E-state index in [2.05, 4.69) is 19.9 Å². The van der Waals surface area contributed by atoms with E-state index < -0.39 is 5.63 Å². The molecular weight excluding hydrogens is 324 g/mol. The molecule has 1 aromatic heterocycles. The Balaban J connectivity index is 2.04. The van der Waals surface area contributed by atoms with Crippen LogP contribution in [0.1, 0.15) is 53.1 Å². The fourth-order valence-electron chi connectivity index (χ4n) is 2.95. The Bertz CT molecular complexity index is 921. The second-order valence-electron chi connectivity index (χ2n) is 5.82. The Morgan fingerprint density at radius 1 is 1.12 bits per heavy atom. The molecule has 1 aliphatic rings. The quantitative estimate of drug-likeness (QED) is 0.663. The number of fused-ring (bicyclic) bond motifs is 1. The smallest absolute Gasteiger partial charge is 0.336 e. The first kappa shape index (κ1) is 16.8. The van der Waals surface area contributed by atoms with Crippen LogP contribution < -0.4 is 5.63 Å². The van der Waals surface area contributed by atoms with Crippen molar-refractivity contribution in [2.75, 3.05) is 0 Å². The van der Waals surface area contributed by atoms with Crippen LogP contribution >= 0.6 is 0 Å². The van der Waals surface area contributed by atoms with Gasteiger partial charge in [0.15, 0.2) is 5.69 Å². The number of nitrogens with one attached hydrogen (secondary N) is 1. The minimum atomic E-state index is -0.644. The van der Waals surface area contributed by atoms with Gasteiger partial charge in [-0.05, 0) is 31.9 Å². The van der Waals surface area contributed by atoms with Crippen LogP contribution in [0.25, 0.3) is 0 Å². The van der Waals surface area contributed by atoms with E-state index in [0.29, 0.717) is 24.1 Å². The number of hydrogen-bond acceptors (Lipinski definition) is 6. The molecule has 0 atom stereocenters. The van der Waals surface area contributed by atoms with Crippen molar-refractivity contribution in [3.05, 3.63) is 45.4 Å². The third-order valence-electron chi connectivity index (χ3n) is 4.34. The van der Waals surface area contributed by atoms with Gasteiger partial charge in [-0.1, -0.05) is 19.9 Å². The summed E-state index contributed by atoms with van der Waals surface area (Å²) in [5.41, 5.74) is 0.611. The Hall–Kier alpha value is -3.03. The average Bonchev–Trinajstić information content (AvgIpc) is 3.06. The fourth-order valence-corrected chi connectivity index (χ4v) is 2.95. The molecule has 0 bridgehead atoms. The normalized spacial score (nSPS) is 14.2. The van der Waals surface area contributed by atoms with E-state index in [1.165, 1.54) is 4.90 Å². The maximum absolute atomic E-state index is 12.8. The summed E-state index contributed by atoms with van der Waals surface area (Å²) >= 11 is 0. The van der Waals surface area contributed by atoms with Crippen molar-refractivity contribution >= 4 is 23.2 Å². The van der Waals surface area contributed by atoms with Gasteiger partial charge in [-0.15, -0.1) is 10.2 Å². The van der Waals surface area contributed by atoms with Crippen LogP contribution in [0.3, 0.4) is 0 Å². The summed E-state index contributed by atoms with van der Waals surface area (Å²) in [5, 5.41) is 10.3. The molecule has 0 radical (unpaired) electrons.